The molecule has 0 spiro atoms. The van der Waals surface area contributed by atoms with E-state index in [1.807, 2.05) is 12.1 Å². The van der Waals surface area contributed by atoms with Gasteiger partial charge in [-0.05, 0) is 30.5 Å². The van der Waals surface area contributed by atoms with E-state index < -0.39 is 0 Å². The normalized spacial score (nSPS) is 23.3. The Morgan fingerprint density at radius 2 is 1.95 bits per heavy atom. The van der Waals surface area contributed by atoms with Crippen LogP contribution in [0.25, 0.3) is 0 Å². The average Bonchev–Trinajstić information content (AvgIpc) is 2.46. The molecule has 1 aromatic rings. The van der Waals surface area contributed by atoms with Crippen LogP contribution in [0.2, 0.25) is 0 Å². The van der Waals surface area contributed by atoms with Crippen LogP contribution < -0.4 is 10.1 Å². The number of hydrogen-bond donors (Lipinski definition) is 1. The third-order valence-electron chi connectivity index (χ3n) is 3.39. The van der Waals surface area contributed by atoms with E-state index in [4.69, 9.17) is 9.47 Å². The zero-order chi connectivity index (χ0) is 13.5. The van der Waals surface area contributed by atoms with Gasteiger partial charge in [-0.3, -0.25) is 0 Å². The minimum absolute atomic E-state index is 0.172. The van der Waals surface area contributed by atoms with E-state index in [9.17, 15) is 0 Å². The Morgan fingerprint density at radius 1 is 1.16 bits per heavy atom. The van der Waals surface area contributed by atoms with Crippen molar-refractivity contribution in [2.45, 2.75) is 45.3 Å². The summed E-state index contributed by atoms with van der Waals surface area (Å²) < 4.78 is 11.7. The van der Waals surface area contributed by atoms with Crippen LogP contribution in [0.4, 0.5) is 0 Å². The molecular formula is C16H25NO2. The highest BCUT2D eigenvalue weighted by molar-refractivity contribution is 5.29. The summed E-state index contributed by atoms with van der Waals surface area (Å²) in [5.41, 5.74) is 1.23. The van der Waals surface area contributed by atoms with Crippen LogP contribution in [0.15, 0.2) is 24.3 Å². The third-order valence-corrected chi connectivity index (χ3v) is 3.39. The molecule has 0 amide bonds. The van der Waals surface area contributed by atoms with Gasteiger partial charge in [0.15, 0.2) is 0 Å². The number of nitrogens with one attached hydrogen (secondary N) is 1. The lowest BCUT2D eigenvalue weighted by molar-refractivity contribution is -0.0425. The fourth-order valence-electron chi connectivity index (χ4n) is 2.39. The zero-order valence-electron chi connectivity index (χ0n) is 12.0. The lowest BCUT2D eigenvalue weighted by atomic mass is 10.1. The van der Waals surface area contributed by atoms with E-state index in [1.165, 1.54) is 12.0 Å². The lowest BCUT2D eigenvalue weighted by Crippen LogP contribution is -2.40. The highest BCUT2D eigenvalue weighted by Gasteiger charge is 2.22. The Kier molecular flexibility index (Phi) is 5.67. The standard InChI is InChI=1S/C16H25NO2/c1-3-5-15-11-17-12-16(19-15)13-6-8-14(9-7-13)18-10-4-2/h6-9,15-17H,3-5,10-12H2,1-2H3. The number of ether oxygens (including phenoxy) is 2. The first-order valence-corrected chi connectivity index (χ1v) is 7.42. The SMILES string of the molecule is CCCOc1ccc(C2CNCC(CCC)O2)cc1. The van der Waals surface area contributed by atoms with E-state index >= 15 is 0 Å². The maximum atomic E-state index is 6.13. The van der Waals surface area contributed by atoms with Crippen molar-refractivity contribution in [2.75, 3.05) is 19.7 Å². The molecular weight excluding hydrogens is 238 g/mol. The van der Waals surface area contributed by atoms with Gasteiger partial charge in [0.05, 0.1) is 18.8 Å². The van der Waals surface area contributed by atoms with Gasteiger partial charge in [0, 0.05) is 13.1 Å². The molecule has 1 aromatic carbocycles. The lowest BCUT2D eigenvalue weighted by Gasteiger charge is -2.31. The van der Waals surface area contributed by atoms with Crippen molar-refractivity contribution in [2.24, 2.45) is 0 Å². The van der Waals surface area contributed by atoms with Crippen LogP contribution in [0.5, 0.6) is 5.75 Å². The molecule has 0 aliphatic carbocycles. The summed E-state index contributed by atoms with van der Waals surface area (Å²) in [6.07, 6.45) is 3.85. The third kappa shape index (κ3) is 4.22. The topological polar surface area (TPSA) is 30.5 Å². The summed E-state index contributed by atoms with van der Waals surface area (Å²) in [6.45, 7) is 6.97. The second-order valence-corrected chi connectivity index (χ2v) is 5.11. The van der Waals surface area contributed by atoms with Crippen LogP contribution in [0.1, 0.15) is 44.8 Å². The van der Waals surface area contributed by atoms with Gasteiger partial charge in [-0.15, -0.1) is 0 Å². The maximum Gasteiger partial charge on any atom is 0.119 e. The molecule has 2 unspecified atom stereocenters. The first-order chi connectivity index (χ1) is 9.33. The van der Waals surface area contributed by atoms with Gasteiger partial charge in [-0.1, -0.05) is 32.4 Å². The Morgan fingerprint density at radius 3 is 2.63 bits per heavy atom. The predicted octanol–water partition coefficient (Wildman–Crippen LogP) is 3.31. The van der Waals surface area contributed by atoms with Crippen LogP contribution in [0, 0.1) is 0 Å². The van der Waals surface area contributed by atoms with Gasteiger partial charge < -0.3 is 14.8 Å². The van der Waals surface area contributed by atoms with Gasteiger partial charge in [-0.25, -0.2) is 0 Å². The summed E-state index contributed by atoms with van der Waals surface area (Å²) in [5.74, 6) is 0.944. The van der Waals surface area contributed by atoms with Crippen molar-refractivity contribution >= 4 is 0 Å². The molecule has 0 bridgehead atoms. The molecule has 1 saturated heterocycles. The highest BCUT2D eigenvalue weighted by Crippen LogP contribution is 2.25. The van der Waals surface area contributed by atoms with Crippen molar-refractivity contribution < 1.29 is 9.47 Å². The quantitative estimate of drug-likeness (QED) is 0.854. The number of benzene rings is 1. The molecule has 0 radical (unpaired) electrons. The smallest absolute Gasteiger partial charge is 0.119 e. The minimum atomic E-state index is 0.172. The molecule has 1 heterocycles. The van der Waals surface area contributed by atoms with Gasteiger partial charge >= 0.3 is 0 Å². The number of rotatable bonds is 6. The van der Waals surface area contributed by atoms with Gasteiger partial charge in [0.2, 0.25) is 0 Å². The van der Waals surface area contributed by atoms with Crippen molar-refractivity contribution in [1.29, 1.82) is 0 Å². The first-order valence-electron chi connectivity index (χ1n) is 7.42. The monoisotopic (exact) mass is 263 g/mol. The van der Waals surface area contributed by atoms with E-state index in [1.54, 1.807) is 0 Å². The molecule has 2 atom stereocenters. The van der Waals surface area contributed by atoms with Crippen molar-refractivity contribution in [3.63, 3.8) is 0 Å². The predicted molar refractivity (Wildman–Crippen MR) is 77.6 cm³/mol. The summed E-state index contributed by atoms with van der Waals surface area (Å²) in [6, 6.07) is 8.31. The number of hydrogen-bond acceptors (Lipinski definition) is 3. The van der Waals surface area contributed by atoms with Crippen LogP contribution in [-0.4, -0.2) is 25.8 Å². The Hall–Kier alpha value is -1.06. The molecule has 19 heavy (non-hydrogen) atoms. The first kappa shape index (κ1) is 14.4. The zero-order valence-corrected chi connectivity index (χ0v) is 12.0. The molecule has 1 N–H and O–H groups in total. The average molecular weight is 263 g/mol. The van der Waals surface area contributed by atoms with E-state index in [-0.39, 0.29) is 6.10 Å². The van der Waals surface area contributed by atoms with E-state index in [0.717, 1.165) is 38.3 Å². The van der Waals surface area contributed by atoms with Gasteiger partial charge in [0.25, 0.3) is 0 Å². The van der Waals surface area contributed by atoms with E-state index in [0.29, 0.717) is 6.10 Å². The highest BCUT2D eigenvalue weighted by atomic mass is 16.5. The molecule has 0 aromatic heterocycles. The fourth-order valence-corrected chi connectivity index (χ4v) is 2.39. The van der Waals surface area contributed by atoms with Crippen LogP contribution in [0.3, 0.4) is 0 Å². The van der Waals surface area contributed by atoms with Crippen LogP contribution in [-0.2, 0) is 4.74 Å². The summed E-state index contributed by atoms with van der Waals surface area (Å²) >= 11 is 0. The summed E-state index contributed by atoms with van der Waals surface area (Å²) in [4.78, 5) is 0. The second kappa shape index (κ2) is 7.51. The van der Waals surface area contributed by atoms with Crippen LogP contribution >= 0.6 is 0 Å². The Labute approximate surface area is 116 Å². The molecule has 106 valence electrons. The minimum Gasteiger partial charge on any atom is -0.494 e. The van der Waals surface area contributed by atoms with E-state index in [2.05, 4.69) is 31.3 Å². The van der Waals surface area contributed by atoms with Crippen molar-refractivity contribution in [1.82, 2.24) is 5.32 Å². The van der Waals surface area contributed by atoms with Gasteiger partial charge in [0.1, 0.15) is 5.75 Å². The molecule has 1 aliphatic rings. The molecule has 2 rings (SSSR count). The van der Waals surface area contributed by atoms with Gasteiger partial charge in [-0.2, -0.15) is 0 Å². The van der Waals surface area contributed by atoms with Crippen molar-refractivity contribution in [3.8, 4) is 5.75 Å². The summed E-state index contributed by atoms with van der Waals surface area (Å²) in [5, 5.41) is 3.46. The molecule has 1 aliphatic heterocycles. The molecule has 3 heteroatoms. The summed E-state index contributed by atoms with van der Waals surface area (Å²) in [7, 11) is 0. The number of morpholine rings is 1. The Bertz CT molecular complexity index is 362. The molecule has 0 saturated carbocycles. The molecule has 1 fully saturated rings. The van der Waals surface area contributed by atoms with Crippen molar-refractivity contribution in [3.05, 3.63) is 29.8 Å². The largest absolute Gasteiger partial charge is 0.494 e. The fraction of sp³-hybridized carbons (Fsp3) is 0.625. The second-order valence-electron chi connectivity index (χ2n) is 5.11. The molecule has 3 nitrogen and oxygen atoms in total. The maximum absolute atomic E-state index is 6.13. The Balaban J connectivity index is 1.93.